The Morgan fingerprint density at radius 3 is 1.70 bits per heavy atom. The van der Waals surface area contributed by atoms with E-state index in [1.165, 1.54) is 10.8 Å². The van der Waals surface area contributed by atoms with E-state index in [1.54, 1.807) is 6.07 Å². The van der Waals surface area contributed by atoms with E-state index in [-0.39, 0.29) is 5.56 Å². The number of phenolic OH excluding ortho intramolecular Hbond substituents is 5. The van der Waals surface area contributed by atoms with Crippen LogP contribution in [0, 0.1) is 0 Å². The molecule has 274 valence electrons. The highest BCUT2D eigenvalue weighted by molar-refractivity contribution is 6.11. The summed E-state index contributed by atoms with van der Waals surface area (Å²) in [5, 5.41) is 58.7. The Bertz CT molecular complexity index is 3160. The van der Waals surface area contributed by atoms with Crippen molar-refractivity contribution in [3.8, 4) is 56.7 Å². The summed E-state index contributed by atoms with van der Waals surface area (Å²) in [5.74, 6) is -4.34. The second-order valence-corrected chi connectivity index (χ2v) is 14.1. The van der Waals surface area contributed by atoms with E-state index in [9.17, 15) is 25.5 Å². The maximum Gasteiger partial charge on any atom is 0.208 e. The molecule has 0 radical (unpaired) electrons. The summed E-state index contributed by atoms with van der Waals surface area (Å²) in [4.78, 5) is 2.17. The summed E-state index contributed by atoms with van der Waals surface area (Å²) >= 11 is 0. The number of hydrogen-bond acceptors (Lipinski definition) is 6. The van der Waals surface area contributed by atoms with Crippen LogP contribution in [0.25, 0.3) is 71.3 Å². The van der Waals surface area contributed by atoms with Crippen molar-refractivity contribution in [3.63, 3.8) is 0 Å². The SMILES string of the molecule is Oc1c(O)c(O)c(-c2ccc(N(c3ccc(-c4ccc5c(c4)c4ccccc4n5-c4ccccc4)cc3)c3ccc4ccccc4c3)c3ccccc23)c(O)c1O. The number of benzene rings is 9. The normalized spacial score (nSPS) is 11.5. The zero-order valence-electron chi connectivity index (χ0n) is 30.4. The van der Waals surface area contributed by atoms with Crippen LogP contribution in [0.1, 0.15) is 0 Å². The van der Waals surface area contributed by atoms with Crippen LogP contribution in [0.15, 0.2) is 176 Å². The maximum atomic E-state index is 10.9. The number of aromatic hydroxyl groups is 5. The third kappa shape index (κ3) is 5.36. The van der Waals surface area contributed by atoms with Gasteiger partial charge in [0.1, 0.15) is 0 Å². The second kappa shape index (κ2) is 13.1. The first-order valence-corrected chi connectivity index (χ1v) is 18.6. The third-order valence-corrected chi connectivity index (χ3v) is 10.9. The molecule has 0 aliphatic rings. The first kappa shape index (κ1) is 33.7. The smallest absolute Gasteiger partial charge is 0.208 e. The van der Waals surface area contributed by atoms with Gasteiger partial charge in [-0.25, -0.2) is 0 Å². The van der Waals surface area contributed by atoms with Crippen molar-refractivity contribution in [2.75, 3.05) is 4.90 Å². The van der Waals surface area contributed by atoms with E-state index >= 15 is 0 Å². The van der Waals surface area contributed by atoms with E-state index in [0.29, 0.717) is 10.9 Å². The fourth-order valence-electron chi connectivity index (χ4n) is 8.19. The van der Waals surface area contributed by atoms with Crippen LogP contribution in [-0.4, -0.2) is 30.1 Å². The fourth-order valence-corrected chi connectivity index (χ4v) is 8.19. The predicted molar refractivity (Wildman–Crippen MR) is 230 cm³/mol. The molecule has 57 heavy (non-hydrogen) atoms. The largest absolute Gasteiger partial charge is 0.504 e. The Morgan fingerprint density at radius 2 is 0.947 bits per heavy atom. The van der Waals surface area contributed by atoms with Crippen LogP contribution in [0.5, 0.6) is 28.7 Å². The molecule has 0 amide bonds. The summed E-state index contributed by atoms with van der Waals surface area (Å²) in [6, 6.07) is 59.8. The number of nitrogens with zero attached hydrogens (tertiary/aromatic N) is 2. The van der Waals surface area contributed by atoms with Crippen LogP contribution in [0.4, 0.5) is 17.1 Å². The molecule has 0 bridgehead atoms. The second-order valence-electron chi connectivity index (χ2n) is 14.1. The van der Waals surface area contributed by atoms with Gasteiger partial charge >= 0.3 is 0 Å². The molecule has 1 heterocycles. The van der Waals surface area contributed by atoms with Crippen molar-refractivity contribution in [2.45, 2.75) is 0 Å². The van der Waals surface area contributed by atoms with Crippen LogP contribution in [0.3, 0.4) is 0 Å². The predicted octanol–water partition coefficient (Wildman–Crippen LogP) is 12.4. The lowest BCUT2D eigenvalue weighted by Crippen LogP contribution is -2.10. The standard InChI is InChI=1S/C50H34N2O5/c53-46-45(47(54)49(56)50(57)48(46)55)40-25-27-43(38-15-7-6-14-37(38)40)51(36-24-20-30-10-4-5-11-32(30)28-36)35-22-18-31(19-23-35)33-21-26-44-41(29-33)39-16-8-9-17-42(39)52(44)34-12-2-1-3-13-34/h1-29,53-57H. The number of hydrogen-bond donors (Lipinski definition) is 5. The van der Waals surface area contributed by atoms with Gasteiger partial charge < -0.3 is 35.0 Å². The summed E-state index contributed by atoms with van der Waals surface area (Å²) in [6.45, 7) is 0. The monoisotopic (exact) mass is 742 g/mol. The molecule has 10 rings (SSSR count). The average Bonchev–Trinajstić information content (AvgIpc) is 3.60. The molecule has 5 N–H and O–H groups in total. The molecule has 9 aromatic carbocycles. The number of aromatic nitrogens is 1. The van der Waals surface area contributed by atoms with Crippen molar-refractivity contribution in [1.82, 2.24) is 4.57 Å². The van der Waals surface area contributed by atoms with Gasteiger partial charge in [-0.3, -0.25) is 0 Å². The molecule has 10 aromatic rings. The van der Waals surface area contributed by atoms with Gasteiger partial charge in [0.15, 0.2) is 11.5 Å². The Morgan fingerprint density at radius 1 is 0.368 bits per heavy atom. The van der Waals surface area contributed by atoms with E-state index < -0.39 is 28.7 Å². The van der Waals surface area contributed by atoms with Gasteiger partial charge in [-0.15, -0.1) is 0 Å². The molecule has 1 aromatic heterocycles. The van der Waals surface area contributed by atoms with Crippen molar-refractivity contribution < 1.29 is 25.5 Å². The van der Waals surface area contributed by atoms with Gasteiger partial charge in [0.05, 0.1) is 22.3 Å². The van der Waals surface area contributed by atoms with Gasteiger partial charge in [0.25, 0.3) is 0 Å². The molecule has 0 saturated heterocycles. The first-order chi connectivity index (χ1) is 27.9. The number of para-hydroxylation sites is 2. The molecule has 7 heteroatoms. The molecular weight excluding hydrogens is 709 g/mol. The lowest BCUT2D eigenvalue weighted by atomic mass is 9.94. The summed E-state index contributed by atoms with van der Waals surface area (Å²) < 4.78 is 2.31. The van der Waals surface area contributed by atoms with Gasteiger partial charge in [0, 0.05) is 33.2 Å². The molecule has 0 fully saturated rings. The van der Waals surface area contributed by atoms with Crippen molar-refractivity contribution in [2.24, 2.45) is 0 Å². The molecule has 0 aliphatic heterocycles. The Labute approximate surface area is 327 Å². The molecule has 7 nitrogen and oxygen atoms in total. The highest BCUT2D eigenvalue weighted by atomic mass is 16.4. The number of rotatable bonds is 6. The van der Waals surface area contributed by atoms with E-state index in [4.69, 9.17) is 0 Å². The minimum absolute atomic E-state index is 0.198. The molecule has 0 aliphatic carbocycles. The Kier molecular flexibility index (Phi) is 7.76. The van der Waals surface area contributed by atoms with Crippen LogP contribution in [-0.2, 0) is 0 Å². The molecule has 0 unspecified atom stereocenters. The molecule has 0 spiro atoms. The van der Waals surface area contributed by atoms with Crippen LogP contribution in [0.2, 0.25) is 0 Å². The van der Waals surface area contributed by atoms with Crippen molar-refractivity contribution in [1.29, 1.82) is 0 Å². The third-order valence-electron chi connectivity index (χ3n) is 10.9. The number of anilines is 3. The molecular formula is C50H34N2O5. The topological polar surface area (TPSA) is 109 Å². The van der Waals surface area contributed by atoms with Crippen molar-refractivity contribution in [3.05, 3.63) is 176 Å². The molecule has 0 atom stereocenters. The number of phenols is 5. The van der Waals surface area contributed by atoms with Gasteiger partial charge in [-0.05, 0) is 93.5 Å². The minimum atomic E-state index is -1.00. The van der Waals surface area contributed by atoms with E-state index in [1.807, 2.05) is 48.5 Å². The van der Waals surface area contributed by atoms with Gasteiger partial charge in [-0.2, -0.15) is 0 Å². The lowest BCUT2D eigenvalue weighted by Gasteiger charge is -2.28. The summed E-state index contributed by atoms with van der Waals surface area (Å²) in [7, 11) is 0. The van der Waals surface area contributed by atoms with Gasteiger partial charge in [-0.1, -0.05) is 115 Å². The zero-order valence-corrected chi connectivity index (χ0v) is 30.4. The number of fused-ring (bicyclic) bond motifs is 5. The lowest BCUT2D eigenvalue weighted by molar-refractivity contribution is 0.330. The molecule has 0 saturated carbocycles. The van der Waals surface area contributed by atoms with Crippen LogP contribution >= 0.6 is 0 Å². The highest BCUT2D eigenvalue weighted by Crippen LogP contribution is 2.56. The average molecular weight is 743 g/mol. The van der Waals surface area contributed by atoms with E-state index in [0.717, 1.165) is 61.1 Å². The van der Waals surface area contributed by atoms with E-state index in [2.05, 4.69) is 131 Å². The van der Waals surface area contributed by atoms with Crippen LogP contribution < -0.4 is 4.90 Å². The summed E-state index contributed by atoms with van der Waals surface area (Å²) in [5.41, 5.74) is 8.36. The fraction of sp³-hybridized carbons (Fsp3) is 0. The highest BCUT2D eigenvalue weighted by Gasteiger charge is 2.27. The minimum Gasteiger partial charge on any atom is -0.504 e. The van der Waals surface area contributed by atoms with Crippen molar-refractivity contribution >= 4 is 60.4 Å². The Balaban J connectivity index is 1.13. The van der Waals surface area contributed by atoms with Gasteiger partial charge in [0.2, 0.25) is 17.2 Å². The quantitative estimate of drug-likeness (QED) is 0.0857. The zero-order chi connectivity index (χ0) is 38.8. The first-order valence-electron chi connectivity index (χ1n) is 18.6. The Hall–Kier alpha value is -7.90. The maximum absolute atomic E-state index is 10.9. The summed E-state index contributed by atoms with van der Waals surface area (Å²) in [6.07, 6.45) is 0.